The first-order chi connectivity index (χ1) is 23.2. The average Bonchev–Trinajstić information content (AvgIpc) is 3.51. The second-order valence-electron chi connectivity index (χ2n) is 13.1. The zero-order chi connectivity index (χ0) is 33.5. The zero-order valence-electron chi connectivity index (χ0n) is 26.9. The maximum absolute atomic E-state index is 14.1. The fourth-order valence-corrected chi connectivity index (χ4v) is 11.6. The molecule has 1 aliphatic rings. The highest BCUT2D eigenvalue weighted by atomic mass is 28.4. The molecule has 0 amide bonds. The number of nitrogens with one attached hydrogen (secondary N) is 1. The molecule has 1 unspecified atom stereocenters. The fourth-order valence-electron chi connectivity index (χ4n) is 6.95. The number of hydrogen-bond donors (Lipinski definition) is 1. The van der Waals surface area contributed by atoms with Crippen LogP contribution in [0.1, 0.15) is 56.9 Å². The summed E-state index contributed by atoms with van der Waals surface area (Å²) in [6, 6.07) is 33.2. The van der Waals surface area contributed by atoms with Crippen molar-refractivity contribution in [3.05, 3.63) is 143 Å². The van der Waals surface area contributed by atoms with Crippen molar-refractivity contribution in [3.8, 4) is 5.95 Å². The summed E-state index contributed by atoms with van der Waals surface area (Å²) in [5.74, 6) is -0.208. The van der Waals surface area contributed by atoms with E-state index in [1.807, 2.05) is 30.3 Å². The first-order valence-corrected chi connectivity index (χ1v) is 17.8. The summed E-state index contributed by atoms with van der Waals surface area (Å²) in [5, 5.41) is 17.7. The number of imidazole rings is 1. The molecule has 1 N–H and O–H groups in total. The monoisotopic (exact) mass is 658 g/mol. The van der Waals surface area contributed by atoms with E-state index in [2.05, 4.69) is 95.6 Å². The second kappa shape index (κ2) is 12.4. The fraction of sp³-hybridized carbons (Fsp3) is 0.216. The predicted molar refractivity (Wildman–Crippen MR) is 187 cm³/mol. The van der Waals surface area contributed by atoms with Gasteiger partial charge in [-0.1, -0.05) is 106 Å². The van der Waals surface area contributed by atoms with Crippen molar-refractivity contribution >= 4 is 41.2 Å². The Bertz CT molecular complexity index is 2060. The van der Waals surface area contributed by atoms with E-state index < -0.39 is 19.1 Å². The molecule has 7 rings (SSSR count). The molecular weight excluding hydrogens is 624 g/mol. The molecule has 2 aromatic heterocycles. The topological polar surface area (TPSA) is 108 Å². The van der Waals surface area contributed by atoms with E-state index in [0.717, 1.165) is 11.1 Å². The molecule has 2 atom stereocenters. The first kappa shape index (κ1) is 31.3. The van der Waals surface area contributed by atoms with E-state index in [1.165, 1.54) is 39.6 Å². The highest BCUT2D eigenvalue weighted by molar-refractivity contribution is 6.99. The molecule has 4 aromatic carbocycles. The number of aromatic nitrogens is 4. The van der Waals surface area contributed by atoms with Crippen LogP contribution in [0.2, 0.25) is 5.04 Å². The van der Waals surface area contributed by atoms with Gasteiger partial charge in [0.15, 0.2) is 0 Å². The van der Waals surface area contributed by atoms with E-state index in [4.69, 9.17) is 4.43 Å². The van der Waals surface area contributed by atoms with Crippen LogP contribution in [0.4, 0.5) is 15.9 Å². The molecule has 9 nitrogen and oxygen atoms in total. The molecule has 0 fully saturated rings. The summed E-state index contributed by atoms with van der Waals surface area (Å²) in [6.07, 6.45) is 3.80. The summed E-state index contributed by atoms with van der Waals surface area (Å²) >= 11 is 0. The van der Waals surface area contributed by atoms with Gasteiger partial charge in [0.1, 0.15) is 18.3 Å². The van der Waals surface area contributed by atoms with Gasteiger partial charge in [0.2, 0.25) is 11.8 Å². The third-order valence-electron chi connectivity index (χ3n) is 9.16. The molecule has 48 heavy (non-hydrogen) atoms. The van der Waals surface area contributed by atoms with E-state index in [1.54, 1.807) is 6.07 Å². The normalized spacial score (nSPS) is 16.4. The Kier molecular flexibility index (Phi) is 8.10. The van der Waals surface area contributed by atoms with Crippen molar-refractivity contribution in [1.29, 1.82) is 0 Å². The Morgan fingerprint density at radius 2 is 1.54 bits per heavy atom. The van der Waals surface area contributed by atoms with Crippen LogP contribution >= 0.6 is 0 Å². The largest absolute Gasteiger partial charge is 0.400 e. The Balaban J connectivity index is 1.27. The van der Waals surface area contributed by atoms with Gasteiger partial charge in [0.25, 0.3) is 8.32 Å². The van der Waals surface area contributed by atoms with Crippen LogP contribution in [0, 0.1) is 15.9 Å². The lowest BCUT2D eigenvalue weighted by atomic mass is 9.86. The second-order valence-corrected chi connectivity index (χ2v) is 17.3. The number of fused-ring (bicyclic) bond motifs is 2. The van der Waals surface area contributed by atoms with E-state index >= 15 is 0 Å². The third-order valence-corrected chi connectivity index (χ3v) is 14.2. The van der Waals surface area contributed by atoms with Crippen LogP contribution in [0.5, 0.6) is 0 Å². The Morgan fingerprint density at radius 3 is 2.19 bits per heavy atom. The van der Waals surface area contributed by atoms with Gasteiger partial charge in [-0.2, -0.15) is 4.98 Å². The minimum absolute atomic E-state index is 0.0782. The van der Waals surface area contributed by atoms with Crippen LogP contribution in [0.15, 0.2) is 116 Å². The number of rotatable bonds is 8. The quantitative estimate of drug-likeness (QED) is 0.103. The Hall–Kier alpha value is -5.26. The molecule has 6 aromatic rings. The van der Waals surface area contributed by atoms with Crippen LogP contribution in [0.3, 0.4) is 0 Å². The standard InChI is InChI=1S/C37H35FN6O3Si/c1-37(2,3)48(26-12-6-4-7-13-26,27-14-8-5-9-15-27)47-34-21-20-30(28-16-10-11-17-29(28)34)41-35-33(44(45)46)23-39-36(42-35)43-24-40-31-19-18-25(38)22-32(31)43/h4-19,22-24,30,34H,20-21H2,1-3H3,(H,39,41,42)/t30-,34?/m1/s1. The molecule has 0 saturated carbocycles. The molecule has 2 heterocycles. The minimum Gasteiger partial charge on any atom is -0.400 e. The van der Waals surface area contributed by atoms with Gasteiger partial charge >= 0.3 is 5.69 Å². The number of hydrogen-bond acceptors (Lipinski definition) is 7. The zero-order valence-corrected chi connectivity index (χ0v) is 27.9. The minimum atomic E-state index is -2.86. The maximum Gasteiger partial charge on any atom is 0.329 e. The predicted octanol–water partition coefficient (Wildman–Crippen LogP) is 7.43. The lowest BCUT2D eigenvalue weighted by Crippen LogP contribution is -2.67. The molecular formula is C37H35FN6O3Si. The average molecular weight is 659 g/mol. The first-order valence-electron chi connectivity index (χ1n) is 15.9. The van der Waals surface area contributed by atoms with Crippen LogP contribution in [-0.4, -0.2) is 32.8 Å². The number of halogens is 1. The van der Waals surface area contributed by atoms with Crippen molar-refractivity contribution < 1.29 is 13.7 Å². The van der Waals surface area contributed by atoms with Gasteiger partial charge in [0.05, 0.1) is 28.1 Å². The molecule has 1 aliphatic carbocycles. The van der Waals surface area contributed by atoms with Crippen LogP contribution in [-0.2, 0) is 4.43 Å². The number of nitrogens with zero attached hydrogens (tertiary/aromatic N) is 5. The van der Waals surface area contributed by atoms with Gasteiger partial charge < -0.3 is 9.74 Å². The van der Waals surface area contributed by atoms with Crippen LogP contribution < -0.4 is 15.7 Å². The van der Waals surface area contributed by atoms with Gasteiger partial charge in [-0.15, -0.1) is 0 Å². The van der Waals surface area contributed by atoms with E-state index in [0.29, 0.717) is 23.9 Å². The van der Waals surface area contributed by atoms with Gasteiger partial charge in [-0.25, -0.2) is 14.4 Å². The van der Waals surface area contributed by atoms with Gasteiger partial charge in [0, 0.05) is 6.07 Å². The third kappa shape index (κ3) is 5.54. The Morgan fingerprint density at radius 1 is 0.896 bits per heavy atom. The van der Waals surface area contributed by atoms with Gasteiger partial charge in [-0.3, -0.25) is 14.7 Å². The molecule has 0 radical (unpaired) electrons. The Labute approximate surface area is 278 Å². The lowest BCUT2D eigenvalue weighted by molar-refractivity contribution is -0.384. The van der Waals surface area contributed by atoms with Crippen molar-refractivity contribution in [3.63, 3.8) is 0 Å². The number of anilines is 1. The lowest BCUT2D eigenvalue weighted by Gasteiger charge is -2.46. The van der Waals surface area contributed by atoms with E-state index in [9.17, 15) is 14.5 Å². The van der Waals surface area contributed by atoms with Crippen LogP contribution in [0.25, 0.3) is 17.0 Å². The van der Waals surface area contributed by atoms with Crippen molar-refractivity contribution in [1.82, 2.24) is 19.5 Å². The summed E-state index contributed by atoms with van der Waals surface area (Å²) in [5.41, 5.74) is 2.80. The van der Waals surface area contributed by atoms with Crippen molar-refractivity contribution in [2.75, 3.05) is 5.32 Å². The SMILES string of the molecule is CC(C)(C)[Si](OC1CC[C@@H](Nc2nc(-n3cnc4ccc(F)cc43)ncc2[N+](=O)[O-])c2ccccc21)(c1ccccc1)c1ccccc1. The molecule has 0 spiro atoms. The maximum atomic E-state index is 14.1. The van der Waals surface area contributed by atoms with E-state index in [-0.39, 0.29) is 34.6 Å². The summed E-state index contributed by atoms with van der Waals surface area (Å²) in [4.78, 5) is 24.8. The number of benzene rings is 4. The summed E-state index contributed by atoms with van der Waals surface area (Å²) < 4.78 is 23.2. The molecule has 0 saturated heterocycles. The molecule has 0 bridgehead atoms. The highest BCUT2D eigenvalue weighted by Crippen LogP contribution is 2.46. The van der Waals surface area contributed by atoms with Gasteiger partial charge in [-0.05, 0) is 51.5 Å². The van der Waals surface area contributed by atoms with Crippen molar-refractivity contribution in [2.24, 2.45) is 0 Å². The number of nitro groups is 1. The summed E-state index contributed by atoms with van der Waals surface area (Å²) in [7, 11) is -2.86. The molecule has 242 valence electrons. The molecule has 0 aliphatic heterocycles. The van der Waals surface area contributed by atoms with Crippen molar-refractivity contribution in [2.45, 2.75) is 50.8 Å². The highest BCUT2D eigenvalue weighted by Gasteiger charge is 2.52. The molecule has 11 heteroatoms. The summed E-state index contributed by atoms with van der Waals surface area (Å²) in [6.45, 7) is 6.80. The smallest absolute Gasteiger partial charge is 0.329 e.